The van der Waals surface area contributed by atoms with E-state index in [0.717, 1.165) is 17.7 Å². The van der Waals surface area contributed by atoms with Crippen molar-refractivity contribution in [1.82, 2.24) is 5.32 Å². The van der Waals surface area contributed by atoms with Crippen molar-refractivity contribution in [3.05, 3.63) is 137 Å². The molecule has 7 N–H and O–H groups in total. The standard InChI is InChI=1S/C51H55N3O20S6.Na.H/c1-31(2)49(55)52-22-21-32-9-11-33(12-10-32)74-34(13-19-45-50(3,4)47-39-27-35(77(62,63)64)29-43(79(68,69)70)37(39)15-17-41(47)53(45)23-7-25-75(56,57)58)14-20-46-51(5,6)48-40-28-36(78(65,66)67)30-44(80(71,72)73)38(40)16-18-42(48)54(46)24-8-26-76(59,60)61;;/h9-20,27-30H,1,7-8,21-26H2,2-6H3,(H6-,52,55,56,57,58,59,60,61,62,63,64,65,66,67,68,69,70,71,72,73);;/q;+1;-1/p+1. The van der Waals surface area contributed by atoms with Crippen molar-refractivity contribution in [3.8, 4) is 5.75 Å². The molecule has 1 amide bonds. The Labute approximate surface area is 493 Å². The Morgan fingerprint density at radius 3 is 1.70 bits per heavy atom. The molecule has 23 nitrogen and oxygen atoms in total. The quantitative estimate of drug-likeness (QED) is 0.0138. The van der Waals surface area contributed by atoms with Crippen molar-refractivity contribution >= 4 is 105 Å². The molecule has 81 heavy (non-hydrogen) atoms. The number of allylic oxidation sites excluding steroid dienone is 5. The fourth-order valence-corrected chi connectivity index (χ4v) is 13.7. The van der Waals surface area contributed by atoms with Gasteiger partial charge in [0.1, 0.15) is 27.8 Å². The van der Waals surface area contributed by atoms with Crippen LogP contribution in [0, 0.1) is 0 Å². The predicted molar refractivity (Wildman–Crippen MR) is 297 cm³/mol. The van der Waals surface area contributed by atoms with E-state index in [0.29, 0.717) is 46.9 Å². The van der Waals surface area contributed by atoms with E-state index >= 15 is 0 Å². The number of fused-ring (bicyclic) bond motifs is 6. The minimum Gasteiger partial charge on any atom is -1.00 e. The molecule has 5 aromatic carbocycles. The Morgan fingerprint density at radius 2 is 1.20 bits per heavy atom. The molecule has 7 rings (SSSR count). The molecule has 0 unspecified atom stereocenters. The molecule has 0 aliphatic carbocycles. The van der Waals surface area contributed by atoms with Crippen LogP contribution in [0.5, 0.6) is 5.75 Å². The van der Waals surface area contributed by atoms with Crippen LogP contribution in [0.4, 0.5) is 11.4 Å². The molecule has 0 bridgehead atoms. The van der Waals surface area contributed by atoms with E-state index in [4.69, 9.17) is 4.74 Å². The number of anilines is 1. The molecule has 5 aromatic rings. The van der Waals surface area contributed by atoms with E-state index in [1.807, 2.05) is 0 Å². The van der Waals surface area contributed by atoms with Gasteiger partial charge in [-0.3, -0.25) is 32.1 Å². The van der Waals surface area contributed by atoms with Gasteiger partial charge in [0.15, 0.2) is 5.71 Å². The number of nitrogens with zero attached hydrogens (tertiary/aromatic N) is 2. The summed E-state index contributed by atoms with van der Waals surface area (Å²) in [5.74, 6) is -1.44. The molecular weight excluding hydrogens is 1190 g/mol. The Bertz CT molecular complexity index is 4300. The predicted octanol–water partition coefficient (Wildman–Crippen LogP) is 3.46. The fraction of sp³-hybridized carbons (Fsp3) is 0.294. The van der Waals surface area contributed by atoms with Crippen molar-refractivity contribution in [2.24, 2.45) is 0 Å². The largest absolute Gasteiger partial charge is 1.00 e. The van der Waals surface area contributed by atoms with Crippen LogP contribution < -0.4 is 44.5 Å². The minimum atomic E-state index is -5.14. The van der Waals surface area contributed by atoms with Gasteiger partial charge in [0.2, 0.25) is 11.6 Å². The summed E-state index contributed by atoms with van der Waals surface area (Å²) in [5, 5.41) is 2.41. The van der Waals surface area contributed by atoms with Crippen LogP contribution in [0.3, 0.4) is 0 Å². The number of rotatable bonds is 21. The third-order valence-electron chi connectivity index (χ3n) is 13.6. The van der Waals surface area contributed by atoms with Gasteiger partial charge in [-0.15, -0.1) is 0 Å². The first-order chi connectivity index (χ1) is 36.7. The topological polar surface area (TPSA) is 371 Å². The van der Waals surface area contributed by atoms with Crippen LogP contribution in [0.15, 0.2) is 140 Å². The van der Waals surface area contributed by atoms with Gasteiger partial charge in [0.25, 0.3) is 60.7 Å². The summed E-state index contributed by atoms with van der Waals surface area (Å²) in [4.78, 5) is 10.3. The number of amides is 1. The van der Waals surface area contributed by atoms with Gasteiger partial charge in [-0.1, -0.05) is 38.6 Å². The molecule has 0 radical (unpaired) electrons. The van der Waals surface area contributed by atoms with Crippen molar-refractivity contribution in [2.75, 3.05) is 36.0 Å². The van der Waals surface area contributed by atoms with E-state index < -0.39 is 103 Å². The number of nitrogens with one attached hydrogen (secondary N) is 1. The smallest absolute Gasteiger partial charge is 1.00 e. The second kappa shape index (κ2) is 23.4. The van der Waals surface area contributed by atoms with E-state index in [1.54, 1.807) is 80.5 Å². The van der Waals surface area contributed by atoms with E-state index in [9.17, 15) is 82.6 Å². The van der Waals surface area contributed by atoms with Gasteiger partial charge >= 0.3 is 29.6 Å². The zero-order valence-electron chi connectivity index (χ0n) is 45.3. The third kappa shape index (κ3) is 14.6. The van der Waals surface area contributed by atoms with Crippen molar-refractivity contribution < 1.29 is 123 Å². The third-order valence-corrected chi connectivity index (χ3v) is 18.6. The summed E-state index contributed by atoms with van der Waals surface area (Å²) in [6, 6.07) is 15.5. The number of ether oxygens (including phenoxy) is 1. The molecule has 0 atom stereocenters. The van der Waals surface area contributed by atoms with Crippen LogP contribution in [-0.2, 0) is 82.8 Å². The first kappa shape index (κ1) is 64.9. The van der Waals surface area contributed by atoms with Crippen LogP contribution in [0.25, 0.3) is 21.5 Å². The normalized spacial score (nSPS) is 16.3. The van der Waals surface area contributed by atoms with Crippen LogP contribution >= 0.6 is 0 Å². The molecule has 0 saturated heterocycles. The van der Waals surface area contributed by atoms with E-state index in [2.05, 4.69) is 11.9 Å². The first-order valence-electron chi connectivity index (χ1n) is 24.0. The SMILES string of the molecule is C=C(C)C(=O)NCCc1ccc(OC(C=CC2=[N+](CCCS(=O)(=O)O)c3ccc4c(S(=O)(=O)O)cc(S(=O)(=O)O)cc4c3C2(C)C)=CC=C2N(CCCS(=O)(=O)O)c3ccc4c(S(=O)(=O)O)cc(S(=O)(=O)O)cc4c3C2(C)C)cc1.[H-].[Na+]. The minimum absolute atomic E-state index is 0. The Morgan fingerprint density at radius 1 is 0.679 bits per heavy atom. The average Bonchev–Trinajstić information content (AvgIpc) is 3.67. The van der Waals surface area contributed by atoms with Gasteiger partial charge in [-0.05, 0) is 122 Å². The number of carbonyl (C=O) groups is 1. The second-order valence-corrected chi connectivity index (χ2v) is 28.8. The summed E-state index contributed by atoms with van der Waals surface area (Å²) in [6.07, 6.45) is 6.17. The van der Waals surface area contributed by atoms with Crippen molar-refractivity contribution in [1.29, 1.82) is 0 Å². The first-order valence-corrected chi connectivity index (χ1v) is 32.9. The Kier molecular flexibility index (Phi) is 18.8. The molecule has 0 spiro atoms. The number of carbonyl (C=O) groups excluding carboxylic acids is 1. The van der Waals surface area contributed by atoms with E-state index in [-0.39, 0.29) is 114 Å². The van der Waals surface area contributed by atoms with Gasteiger partial charge < -0.3 is 16.4 Å². The summed E-state index contributed by atoms with van der Waals surface area (Å²) in [7, 11) is -29.5. The Hall–Kier alpha value is -5.22. The summed E-state index contributed by atoms with van der Waals surface area (Å²) < 4.78 is 218. The summed E-state index contributed by atoms with van der Waals surface area (Å²) in [5.41, 5.74) is 0.402. The zero-order valence-corrected chi connectivity index (χ0v) is 51.2. The maximum Gasteiger partial charge on any atom is 1.00 e. The molecular formula is C51H57N3NaO20S6+. The molecule has 2 aliphatic rings. The average molecular weight is 1250 g/mol. The van der Waals surface area contributed by atoms with Gasteiger partial charge in [0, 0.05) is 70.4 Å². The van der Waals surface area contributed by atoms with Crippen LogP contribution in [0.1, 0.15) is 65.6 Å². The van der Waals surface area contributed by atoms with Gasteiger partial charge in [0.05, 0.1) is 26.7 Å². The van der Waals surface area contributed by atoms with Crippen LogP contribution in [0.2, 0.25) is 0 Å². The number of hydrogen-bond donors (Lipinski definition) is 7. The molecule has 0 fully saturated rings. The molecule has 432 valence electrons. The molecule has 2 heterocycles. The van der Waals surface area contributed by atoms with Gasteiger partial charge in [-0.25, -0.2) is 0 Å². The number of hydrogen-bond acceptors (Lipinski definition) is 15. The van der Waals surface area contributed by atoms with Gasteiger partial charge in [-0.2, -0.15) is 55.1 Å². The molecule has 0 aromatic heterocycles. The van der Waals surface area contributed by atoms with Crippen LogP contribution in [-0.4, -0.2) is 125 Å². The Balaban J connectivity index is 0.00000616. The molecule has 30 heteroatoms. The number of benzene rings is 5. The fourth-order valence-electron chi connectivity index (χ4n) is 10.1. The zero-order chi connectivity index (χ0) is 59.5. The van der Waals surface area contributed by atoms with Crippen molar-refractivity contribution in [3.63, 3.8) is 0 Å². The summed E-state index contributed by atoms with van der Waals surface area (Å²) >= 11 is 0. The molecule has 0 saturated carbocycles. The van der Waals surface area contributed by atoms with Crippen molar-refractivity contribution in [2.45, 2.75) is 84.3 Å². The van der Waals surface area contributed by atoms with E-state index in [1.165, 1.54) is 36.4 Å². The maximum atomic E-state index is 12.8. The molecule has 2 aliphatic heterocycles. The summed E-state index contributed by atoms with van der Waals surface area (Å²) in [6.45, 7) is 11.9. The maximum absolute atomic E-state index is 12.8. The second-order valence-electron chi connectivity index (χ2n) is 20.1. The monoisotopic (exact) mass is 1250 g/mol.